The normalized spacial score (nSPS) is 10.7. The van der Waals surface area contributed by atoms with E-state index in [4.69, 9.17) is 4.52 Å². The summed E-state index contributed by atoms with van der Waals surface area (Å²) < 4.78 is 4.94. The number of carbonyl (C=O) groups is 2. The molecular formula is C22H23N3O3. The predicted octanol–water partition coefficient (Wildman–Crippen LogP) is 4.14. The van der Waals surface area contributed by atoms with E-state index in [1.54, 1.807) is 25.1 Å². The molecule has 0 aliphatic carbocycles. The van der Waals surface area contributed by atoms with Gasteiger partial charge in [0.25, 0.3) is 5.91 Å². The standard InChI is InChI=1S/C22H23N3O3/c1-15(2)25(14-21(26)23-20-13-16(3)28-24-20)22(27)19-11-9-18(10-12-19)17-7-5-4-6-8-17/h4-13,15H,14H2,1-3H3,(H,23,24,26). The highest BCUT2D eigenvalue weighted by atomic mass is 16.5. The molecule has 0 saturated heterocycles. The van der Waals surface area contributed by atoms with E-state index in [2.05, 4.69) is 10.5 Å². The van der Waals surface area contributed by atoms with Gasteiger partial charge < -0.3 is 14.7 Å². The number of hydrogen-bond acceptors (Lipinski definition) is 4. The van der Waals surface area contributed by atoms with Gasteiger partial charge in [0.15, 0.2) is 5.82 Å². The number of rotatable bonds is 6. The summed E-state index contributed by atoms with van der Waals surface area (Å²) in [5.74, 6) is 0.425. The first-order valence-corrected chi connectivity index (χ1v) is 9.13. The number of hydrogen-bond donors (Lipinski definition) is 1. The number of aryl methyl sites for hydroxylation is 1. The maximum atomic E-state index is 12.9. The van der Waals surface area contributed by atoms with Crippen LogP contribution in [0.2, 0.25) is 0 Å². The number of carbonyl (C=O) groups excluding carboxylic acids is 2. The van der Waals surface area contributed by atoms with Crippen molar-refractivity contribution in [1.82, 2.24) is 10.1 Å². The van der Waals surface area contributed by atoms with Crippen LogP contribution >= 0.6 is 0 Å². The summed E-state index contributed by atoms with van der Waals surface area (Å²) in [7, 11) is 0. The number of nitrogens with one attached hydrogen (secondary N) is 1. The van der Waals surface area contributed by atoms with Crippen molar-refractivity contribution in [2.45, 2.75) is 26.8 Å². The molecule has 6 heteroatoms. The first-order valence-electron chi connectivity index (χ1n) is 9.13. The fourth-order valence-corrected chi connectivity index (χ4v) is 2.85. The van der Waals surface area contributed by atoms with Crippen LogP contribution in [0.3, 0.4) is 0 Å². The molecule has 0 unspecified atom stereocenters. The molecular weight excluding hydrogens is 354 g/mol. The molecule has 1 aromatic heterocycles. The maximum absolute atomic E-state index is 12.9. The molecule has 0 aliphatic heterocycles. The summed E-state index contributed by atoms with van der Waals surface area (Å²) in [6.45, 7) is 5.43. The number of nitrogens with zero attached hydrogens (tertiary/aromatic N) is 2. The largest absolute Gasteiger partial charge is 0.360 e. The molecule has 144 valence electrons. The van der Waals surface area contributed by atoms with E-state index in [1.807, 2.05) is 56.3 Å². The maximum Gasteiger partial charge on any atom is 0.254 e. The second kappa shape index (κ2) is 8.52. The van der Waals surface area contributed by atoms with Crippen LogP contribution in [-0.2, 0) is 4.79 Å². The van der Waals surface area contributed by atoms with E-state index in [0.717, 1.165) is 11.1 Å². The smallest absolute Gasteiger partial charge is 0.254 e. The van der Waals surface area contributed by atoms with Gasteiger partial charge >= 0.3 is 0 Å². The van der Waals surface area contributed by atoms with Crippen molar-refractivity contribution in [3.63, 3.8) is 0 Å². The third-order valence-electron chi connectivity index (χ3n) is 4.33. The fourth-order valence-electron chi connectivity index (χ4n) is 2.85. The van der Waals surface area contributed by atoms with E-state index in [1.165, 1.54) is 4.90 Å². The highest BCUT2D eigenvalue weighted by Crippen LogP contribution is 2.20. The molecule has 0 fully saturated rings. The lowest BCUT2D eigenvalue weighted by Crippen LogP contribution is -2.42. The third-order valence-corrected chi connectivity index (χ3v) is 4.33. The fraction of sp³-hybridized carbons (Fsp3) is 0.227. The van der Waals surface area contributed by atoms with Crippen LogP contribution in [0.25, 0.3) is 11.1 Å². The Balaban J connectivity index is 1.71. The van der Waals surface area contributed by atoms with Crippen LogP contribution in [0.1, 0.15) is 30.0 Å². The summed E-state index contributed by atoms with van der Waals surface area (Å²) in [5, 5.41) is 6.39. The van der Waals surface area contributed by atoms with Crippen molar-refractivity contribution in [3.8, 4) is 11.1 Å². The molecule has 0 saturated carbocycles. The van der Waals surface area contributed by atoms with Crippen molar-refractivity contribution in [1.29, 1.82) is 0 Å². The molecule has 3 aromatic rings. The highest BCUT2D eigenvalue weighted by Gasteiger charge is 2.22. The summed E-state index contributed by atoms with van der Waals surface area (Å²) in [6.07, 6.45) is 0. The Morgan fingerprint density at radius 2 is 1.68 bits per heavy atom. The second-order valence-electron chi connectivity index (χ2n) is 6.84. The second-order valence-corrected chi connectivity index (χ2v) is 6.84. The van der Waals surface area contributed by atoms with E-state index in [0.29, 0.717) is 17.1 Å². The number of benzene rings is 2. The van der Waals surface area contributed by atoms with Crippen LogP contribution in [-0.4, -0.2) is 34.5 Å². The van der Waals surface area contributed by atoms with Crippen molar-refractivity contribution in [2.24, 2.45) is 0 Å². The quantitative estimate of drug-likeness (QED) is 0.700. The van der Waals surface area contributed by atoms with Gasteiger partial charge in [0.05, 0.1) is 0 Å². The van der Waals surface area contributed by atoms with Crippen LogP contribution in [0.4, 0.5) is 5.82 Å². The Bertz CT molecular complexity index is 947. The molecule has 0 spiro atoms. The van der Waals surface area contributed by atoms with Gasteiger partial charge in [-0.05, 0) is 44.0 Å². The number of aromatic nitrogens is 1. The SMILES string of the molecule is Cc1cc(NC(=O)CN(C(=O)c2ccc(-c3ccccc3)cc2)C(C)C)no1. The number of amides is 2. The van der Waals surface area contributed by atoms with Gasteiger partial charge in [-0.1, -0.05) is 47.6 Å². The van der Waals surface area contributed by atoms with Gasteiger partial charge in [-0.25, -0.2) is 0 Å². The number of anilines is 1. The lowest BCUT2D eigenvalue weighted by atomic mass is 10.0. The van der Waals surface area contributed by atoms with Gasteiger partial charge in [0, 0.05) is 17.7 Å². The zero-order chi connectivity index (χ0) is 20.1. The van der Waals surface area contributed by atoms with Gasteiger partial charge in [0.1, 0.15) is 12.3 Å². The van der Waals surface area contributed by atoms with E-state index >= 15 is 0 Å². The molecule has 2 aromatic carbocycles. The minimum Gasteiger partial charge on any atom is -0.360 e. The van der Waals surface area contributed by atoms with Crippen molar-refractivity contribution < 1.29 is 14.1 Å². The van der Waals surface area contributed by atoms with Crippen LogP contribution < -0.4 is 5.32 Å². The Morgan fingerprint density at radius 1 is 1.04 bits per heavy atom. The van der Waals surface area contributed by atoms with Crippen LogP contribution in [0, 0.1) is 6.92 Å². The Morgan fingerprint density at radius 3 is 2.25 bits per heavy atom. The van der Waals surface area contributed by atoms with Crippen molar-refractivity contribution >= 4 is 17.6 Å². The summed E-state index contributed by atoms with van der Waals surface area (Å²) in [6, 6.07) is 18.9. The van der Waals surface area contributed by atoms with Gasteiger partial charge in [-0.3, -0.25) is 9.59 Å². The Kier molecular flexibility index (Phi) is 5.89. The first kappa shape index (κ1) is 19.4. The monoisotopic (exact) mass is 377 g/mol. The van der Waals surface area contributed by atoms with Crippen LogP contribution in [0.15, 0.2) is 65.2 Å². The first-order chi connectivity index (χ1) is 13.4. The average Bonchev–Trinajstić information content (AvgIpc) is 3.10. The molecule has 0 atom stereocenters. The van der Waals surface area contributed by atoms with Gasteiger partial charge in [-0.2, -0.15) is 0 Å². The predicted molar refractivity (Wildman–Crippen MR) is 108 cm³/mol. The van der Waals surface area contributed by atoms with Gasteiger partial charge in [0.2, 0.25) is 5.91 Å². The zero-order valence-electron chi connectivity index (χ0n) is 16.2. The van der Waals surface area contributed by atoms with Crippen LogP contribution in [0.5, 0.6) is 0 Å². The van der Waals surface area contributed by atoms with Crippen molar-refractivity contribution in [3.05, 3.63) is 72.0 Å². The minimum atomic E-state index is -0.323. The summed E-state index contributed by atoms with van der Waals surface area (Å²) >= 11 is 0. The third kappa shape index (κ3) is 4.65. The molecule has 2 amide bonds. The molecule has 28 heavy (non-hydrogen) atoms. The average molecular weight is 377 g/mol. The lowest BCUT2D eigenvalue weighted by molar-refractivity contribution is -0.117. The Labute approximate surface area is 164 Å². The molecule has 6 nitrogen and oxygen atoms in total. The van der Waals surface area contributed by atoms with E-state index in [9.17, 15) is 9.59 Å². The molecule has 1 heterocycles. The van der Waals surface area contributed by atoms with E-state index < -0.39 is 0 Å². The molecule has 0 bridgehead atoms. The van der Waals surface area contributed by atoms with Crippen molar-refractivity contribution in [2.75, 3.05) is 11.9 Å². The topological polar surface area (TPSA) is 75.4 Å². The summed E-state index contributed by atoms with van der Waals surface area (Å²) in [4.78, 5) is 26.8. The molecule has 1 N–H and O–H groups in total. The molecule has 0 radical (unpaired) electrons. The Hall–Kier alpha value is -3.41. The van der Waals surface area contributed by atoms with E-state index in [-0.39, 0.29) is 24.4 Å². The zero-order valence-corrected chi connectivity index (χ0v) is 16.2. The summed E-state index contributed by atoms with van der Waals surface area (Å²) in [5.41, 5.74) is 2.66. The molecule has 0 aliphatic rings. The lowest BCUT2D eigenvalue weighted by Gasteiger charge is -2.26. The molecule has 3 rings (SSSR count). The highest BCUT2D eigenvalue weighted by molar-refractivity contribution is 5.99. The minimum absolute atomic E-state index is 0.0666. The van der Waals surface area contributed by atoms with Gasteiger partial charge in [-0.15, -0.1) is 0 Å².